The molecule has 1 aliphatic heterocycles. The average molecular weight is 422 g/mol. The van der Waals surface area contributed by atoms with E-state index in [2.05, 4.69) is 25.7 Å². The van der Waals surface area contributed by atoms with Crippen LogP contribution in [0.25, 0.3) is 5.69 Å². The molecule has 1 fully saturated rings. The van der Waals surface area contributed by atoms with Crippen LogP contribution in [0, 0.1) is 6.92 Å². The van der Waals surface area contributed by atoms with Crippen LogP contribution in [-0.4, -0.2) is 70.5 Å². The number of benzene rings is 2. The fraction of sp³-hybridized carbons (Fsp3) is 0.364. The number of aryl methyl sites for hydroxylation is 1. The van der Waals surface area contributed by atoms with Crippen LogP contribution >= 0.6 is 0 Å². The summed E-state index contributed by atoms with van der Waals surface area (Å²) in [5.74, 6) is 0.673. The molecule has 0 radical (unpaired) electrons. The summed E-state index contributed by atoms with van der Waals surface area (Å²) < 4.78 is 12.8. The molecule has 9 heteroatoms. The van der Waals surface area contributed by atoms with E-state index in [-0.39, 0.29) is 5.91 Å². The number of ether oxygens (including phenoxy) is 2. The molecule has 0 saturated carbocycles. The predicted molar refractivity (Wildman–Crippen MR) is 114 cm³/mol. The fourth-order valence-corrected chi connectivity index (χ4v) is 3.47. The van der Waals surface area contributed by atoms with Crippen molar-refractivity contribution in [2.75, 3.05) is 39.5 Å². The second kappa shape index (κ2) is 10.1. The lowest BCUT2D eigenvalue weighted by molar-refractivity contribution is 0.0322. The van der Waals surface area contributed by atoms with Gasteiger partial charge < -0.3 is 14.8 Å². The Hall–Kier alpha value is -3.30. The molecule has 0 unspecified atom stereocenters. The Labute approximate surface area is 181 Å². The third kappa shape index (κ3) is 5.65. The van der Waals surface area contributed by atoms with Crippen LogP contribution < -0.4 is 10.1 Å². The number of rotatable bonds is 8. The summed E-state index contributed by atoms with van der Waals surface area (Å²) in [5.41, 5.74) is 3.32. The standard InChI is InChI=1S/C22H26N6O3/c1-17-13-19(5-6-21(17)28-16-24-25-26-28)22(29)23-15-18-3-2-4-20(14-18)31-12-9-27-7-10-30-11-8-27/h2-6,13-14,16H,7-12,15H2,1H3,(H,23,29). The quantitative estimate of drug-likeness (QED) is 0.589. The molecule has 3 aromatic rings. The summed E-state index contributed by atoms with van der Waals surface area (Å²) in [6.45, 7) is 7.33. The normalized spacial score (nSPS) is 14.4. The van der Waals surface area contributed by atoms with Gasteiger partial charge in [0.1, 0.15) is 18.7 Å². The van der Waals surface area contributed by atoms with Crippen molar-refractivity contribution in [3.05, 3.63) is 65.5 Å². The van der Waals surface area contributed by atoms with E-state index in [1.54, 1.807) is 10.7 Å². The van der Waals surface area contributed by atoms with Gasteiger partial charge in [-0.15, -0.1) is 5.10 Å². The maximum atomic E-state index is 12.6. The van der Waals surface area contributed by atoms with Gasteiger partial charge in [0.05, 0.1) is 18.9 Å². The molecular formula is C22H26N6O3. The molecule has 1 saturated heterocycles. The molecule has 0 bridgehead atoms. The molecule has 0 aliphatic carbocycles. The molecule has 4 rings (SSSR count). The Balaban J connectivity index is 1.29. The molecule has 9 nitrogen and oxygen atoms in total. The highest BCUT2D eigenvalue weighted by molar-refractivity contribution is 5.94. The molecule has 1 amide bonds. The number of morpholine rings is 1. The molecule has 0 spiro atoms. The predicted octanol–water partition coefficient (Wildman–Crippen LogP) is 1.61. The van der Waals surface area contributed by atoms with Crippen LogP contribution in [0.4, 0.5) is 0 Å². The highest BCUT2D eigenvalue weighted by Gasteiger charge is 2.11. The minimum absolute atomic E-state index is 0.134. The summed E-state index contributed by atoms with van der Waals surface area (Å²) in [7, 11) is 0. The van der Waals surface area contributed by atoms with Gasteiger partial charge in [0, 0.05) is 31.7 Å². The lowest BCUT2D eigenvalue weighted by Crippen LogP contribution is -2.38. The van der Waals surface area contributed by atoms with Crippen LogP contribution in [0.5, 0.6) is 5.75 Å². The zero-order chi connectivity index (χ0) is 21.5. The maximum absolute atomic E-state index is 12.6. The van der Waals surface area contributed by atoms with Gasteiger partial charge in [-0.05, 0) is 58.8 Å². The van der Waals surface area contributed by atoms with Crippen LogP contribution in [0.1, 0.15) is 21.5 Å². The Morgan fingerprint density at radius 2 is 2.06 bits per heavy atom. The monoisotopic (exact) mass is 422 g/mol. The van der Waals surface area contributed by atoms with Crippen LogP contribution in [0.3, 0.4) is 0 Å². The average Bonchev–Trinajstić information content (AvgIpc) is 3.33. The Morgan fingerprint density at radius 1 is 1.19 bits per heavy atom. The maximum Gasteiger partial charge on any atom is 0.251 e. The van der Waals surface area contributed by atoms with Gasteiger partial charge in [-0.1, -0.05) is 12.1 Å². The molecule has 0 atom stereocenters. The molecule has 2 heterocycles. The number of nitrogens with zero attached hydrogens (tertiary/aromatic N) is 5. The SMILES string of the molecule is Cc1cc(C(=O)NCc2cccc(OCCN3CCOCC3)c2)ccc1-n1cnnn1. The highest BCUT2D eigenvalue weighted by Crippen LogP contribution is 2.16. The third-order valence-corrected chi connectivity index (χ3v) is 5.19. The van der Waals surface area contributed by atoms with E-state index < -0.39 is 0 Å². The second-order valence-corrected chi connectivity index (χ2v) is 7.39. The van der Waals surface area contributed by atoms with Crippen molar-refractivity contribution < 1.29 is 14.3 Å². The van der Waals surface area contributed by atoms with E-state index in [1.165, 1.54) is 6.33 Å². The fourth-order valence-electron chi connectivity index (χ4n) is 3.47. The van der Waals surface area contributed by atoms with Crippen molar-refractivity contribution in [1.29, 1.82) is 0 Å². The number of hydrogen-bond acceptors (Lipinski definition) is 7. The van der Waals surface area contributed by atoms with E-state index in [4.69, 9.17) is 9.47 Å². The Morgan fingerprint density at radius 3 is 2.84 bits per heavy atom. The minimum Gasteiger partial charge on any atom is -0.492 e. The molecule has 162 valence electrons. The molecule has 1 aromatic heterocycles. The summed E-state index contributed by atoms with van der Waals surface area (Å²) in [5, 5.41) is 14.1. The Bertz CT molecular complexity index is 1000. The molecule has 1 aliphatic rings. The van der Waals surface area contributed by atoms with Crippen LogP contribution in [0.15, 0.2) is 48.8 Å². The first-order chi connectivity index (χ1) is 15.2. The lowest BCUT2D eigenvalue weighted by Gasteiger charge is -2.26. The number of carbonyl (C=O) groups is 1. The first-order valence-electron chi connectivity index (χ1n) is 10.3. The number of aromatic nitrogens is 4. The topological polar surface area (TPSA) is 94.4 Å². The van der Waals surface area contributed by atoms with Crippen molar-refractivity contribution in [3.63, 3.8) is 0 Å². The van der Waals surface area contributed by atoms with Gasteiger partial charge in [-0.25, -0.2) is 4.68 Å². The van der Waals surface area contributed by atoms with E-state index in [0.717, 1.165) is 55.4 Å². The van der Waals surface area contributed by atoms with Gasteiger partial charge in [0.25, 0.3) is 5.91 Å². The molecular weight excluding hydrogens is 396 g/mol. The number of hydrogen-bond donors (Lipinski definition) is 1. The molecule has 1 N–H and O–H groups in total. The van der Waals surface area contributed by atoms with Crippen molar-refractivity contribution in [2.45, 2.75) is 13.5 Å². The summed E-state index contributed by atoms with van der Waals surface area (Å²) >= 11 is 0. The first-order valence-corrected chi connectivity index (χ1v) is 10.3. The highest BCUT2D eigenvalue weighted by atomic mass is 16.5. The van der Waals surface area contributed by atoms with Crippen LogP contribution in [-0.2, 0) is 11.3 Å². The van der Waals surface area contributed by atoms with Gasteiger partial charge in [0.15, 0.2) is 0 Å². The summed E-state index contributed by atoms with van der Waals surface area (Å²) in [4.78, 5) is 14.9. The molecule has 31 heavy (non-hydrogen) atoms. The largest absolute Gasteiger partial charge is 0.492 e. The number of tetrazole rings is 1. The zero-order valence-corrected chi connectivity index (χ0v) is 17.5. The minimum atomic E-state index is -0.134. The number of amides is 1. The Kier molecular flexibility index (Phi) is 6.85. The number of carbonyl (C=O) groups excluding carboxylic acids is 1. The van der Waals surface area contributed by atoms with Crippen LogP contribution in [0.2, 0.25) is 0 Å². The summed E-state index contributed by atoms with van der Waals surface area (Å²) in [6.07, 6.45) is 1.53. The molecule has 2 aromatic carbocycles. The van der Waals surface area contributed by atoms with E-state index in [1.807, 2.05) is 43.3 Å². The van der Waals surface area contributed by atoms with Gasteiger partial charge >= 0.3 is 0 Å². The smallest absolute Gasteiger partial charge is 0.251 e. The van der Waals surface area contributed by atoms with E-state index in [9.17, 15) is 4.79 Å². The summed E-state index contributed by atoms with van der Waals surface area (Å²) in [6, 6.07) is 13.3. The van der Waals surface area contributed by atoms with Crippen molar-refractivity contribution in [1.82, 2.24) is 30.4 Å². The van der Waals surface area contributed by atoms with E-state index >= 15 is 0 Å². The van der Waals surface area contributed by atoms with Gasteiger partial charge in [0.2, 0.25) is 0 Å². The lowest BCUT2D eigenvalue weighted by atomic mass is 10.1. The van der Waals surface area contributed by atoms with E-state index in [0.29, 0.717) is 18.7 Å². The van der Waals surface area contributed by atoms with Gasteiger partial charge in [-0.2, -0.15) is 0 Å². The number of nitrogens with one attached hydrogen (secondary N) is 1. The second-order valence-electron chi connectivity index (χ2n) is 7.39. The van der Waals surface area contributed by atoms with Gasteiger partial charge in [-0.3, -0.25) is 9.69 Å². The van der Waals surface area contributed by atoms with Crippen molar-refractivity contribution in [3.8, 4) is 11.4 Å². The first kappa shape index (κ1) is 21.0. The van der Waals surface area contributed by atoms with Crippen molar-refractivity contribution >= 4 is 5.91 Å². The zero-order valence-electron chi connectivity index (χ0n) is 17.5. The third-order valence-electron chi connectivity index (χ3n) is 5.19. The van der Waals surface area contributed by atoms with Crippen molar-refractivity contribution in [2.24, 2.45) is 0 Å².